The zero-order valence-corrected chi connectivity index (χ0v) is 8.26. The summed E-state index contributed by atoms with van der Waals surface area (Å²) >= 11 is 0. The zero-order valence-electron chi connectivity index (χ0n) is 8.26. The van der Waals surface area contributed by atoms with Crippen molar-refractivity contribution >= 4 is 17.7 Å². The van der Waals surface area contributed by atoms with Gasteiger partial charge in [-0.3, -0.25) is 9.69 Å². The van der Waals surface area contributed by atoms with E-state index in [2.05, 4.69) is 16.5 Å². The highest BCUT2D eigenvalue weighted by molar-refractivity contribution is 5.95. The van der Waals surface area contributed by atoms with E-state index in [1.54, 1.807) is 23.2 Å². The van der Waals surface area contributed by atoms with E-state index in [0.29, 0.717) is 18.8 Å². The van der Waals surface area contributed by atoms with Gasteiger partial charge in [0.15, 0.2) is 0 Å². The molecule has 0 spiro atoms. The third kappa shape index (κ3) is 1.81. The molecule has 5 heteroatoms. The van der Waals surface area contributed by atoms with Crippen LogP contribution < -0.4 is 10.6 Å². The lowest BCUT2D eigenvalue weighted by molar-refractivity contribution is -0.117. The number of carbonyl (C=O) groups excluding carboxylic acids is 1. The molecule has 15 heavy (non-hydrogen) atoms. The minimum Gasteiger partial charge on any atom is -0.368 e. The van der Waals surface area contributed by atoms with Crippen LogP contribution in [0, 0.1) is 5.92 Å². The van der Waals surface area contributed by atoms with Crippen molar-refractivity contribution in [1.82, 2.24) is 9.97 Å². The lowest BCUT2D eigenvalue weighted by Gasteiger charge is -2.14. The molecule has 1 atom stereocenters. The minimum atomic E-state index is 0.0537. The number of carbonyl (C=O) groups is 1. The molecule has 2 N–H and O–H groups in total. The fourth-order valence-corrected chi connectivity index (χ4v) is 1.63. The first-order valence-electron chi connectivity index (χ1n) is 4.72. The SMILES string of the molecule is C=CC1CC(=O)N(c2ccnc(N)n2)C1. The molecule has 0 saturated carbocycles. The number of aromatic nitrogens is 2. The van der Waals surface area contributed by atoms with Gasteiger partial charge in [0.2, 0.25) is 11.9 Å². The number of amides is 1. The molecular weight excluding hydrogens is 192 g/mol. The molecule has 0 aromatic carbocycles. The summed E-state index contributed by atoms with van der Waals surface area (Å²) < 4.78 is 0. The summed E-state index contributed by atoms with van der Waals surface area (Å²) in [5.74, 6) is 1.01. The zero-order chi connectivity index (χ0) is 10.8. The van der Waals surface area contributed by atoms with Crippen LogP contribution in [0.5, 0.6) is 0 Å². The maximum absolute atomic E-state index is 11.6. The third-order valence-corrected chi connectivity index (χ3v) is 2.42. The van der Waals surface area contributed by atoms with Gasteiger partial charge in [-0.15, -0.1) is 6.58 Å². The molecule has 1 saturated heterocycles. The normalized spacial score (nSPS) is 20.7. The van der Waals surface area contributed by atoms with Crippen molar-refractivity contribution in [1.29, 1.82) is 0 Å². The fraction of sp³-hybridized carbons (Fsp3) is 0.300. The molecule has 0 aliphatic carbocycles. The van der Waals surface area contributed by atoms with Crippen molar-refractivity contribution in [3.05, 3.63) is 24.9 Å². The Morgan fingerprint density at radius 1 is 1.67 bits per heavy atom. The fourth-order valence-electron chi connectivity index (χ4n) is 1.63. The maximum atomic E-state index is 11.6. The van der Waals surface area contributed by atoms with Crippen molar-refractivity contribution in [3.63, 3.8) is 0 Å². The molecule has 1 aromatic heterocycles. The van der Waals surface area contributed by atoms with E-state index in [9.17, 15) is 4.79 Å². The van der Waals surface area contributed by atoms with Crippen molar-refractivity contribution < 1.29 is 4.79 Å². The standard InChI is InChI=1S/C10H12N4O/c1-2-7-5-9(15)14(6-7)8-3-4-12-10(11)13-8/h2-4,7H,1,5-6H2,(H2,11,12,13). The van der Waals surface area contributed by atoms with E-state index < -0.39 is 0 Å². The smallest absolute Gasteiger partial charge is 0.228 e. The maximum Gasteiger partial charge on any atom is 0.228 e. The van der Waals surface area contributed by atoms with E-state index in [4.69, 9.17) is 5.73 Å². The Morgan fingerprint density at radius 3 is 3.07 bits per heavy atom. The first kappa shape index (κ1) is 9.64. The molecule has 5 nitrogen and oxygen atoms in total. The van der Waals surface area contributed by atoms with Gasteiger partial charge in [-0.1, -0.05) is 6.08 Å². The van der Waals surface area contributed by atoms with Crippen LogP contribution in [-0.2, 0) is 4.79 Å². The van der Waals surface area contributed by atoms with Crippen LogP contribution in [0.25, 0.3) is 0 Å². The van der Waals surface area contributed by atoms with Gasteiger partial charge >= 0.3 is 0 Å². The van der Waals surface area contributed by atoms with Crippen LogP contribution in [0.3, 0.4) is 0 Å². The largest absolute Gasteiger partial charge is 0.368 e. The van der Waals surface area contributed by atoms with E-state index in [-0.39, 0.29) is 17.8 Å². The lowest BCUT2D eigenvalue weighted by Crippen LogP contribution is -2.25. The summed E-state index contributed by atoms with van der Waals surface area (Å²) in [7, 11) is 0. The Kier molecular flexibility index (Phi) is 2.37. The van der Waals surface area contributed by atoms with Gasteiger partial charge < -0.3 is 5.73 Å². The highest BCUT2D eigenvalue weighted by atomic mass is 16.2. The van der Waals surface area contributed by atoms with Crippen LogP contribution >= 0.6 is 0 Å². The van der Waals surface area contributed by atoms with E-state index >= 15 is 0 Å². The molecule has 1 amide bonds. The minimum absolute atomic E-state index is 0.0537. The predicted octanol–water partition coefficient (Wildman–Crippen LogP) is 0.598. The first-order valence-corrected chi connectivity index (χ1v) is 4.72. The van der Waals surface area contributed by atoms with Crippen LogP contribution in [0.1, 0.15) is 6.42 Å². The highest BCUT2D eigenvalue weighted by Crippen LogP contribution is 2.23. The Hall–Kier alpha value is -1.91. The van der Waals surface area contributed by atoms with Crippen molar-refractivity contribution in [3.8, 4) is 0 Å². The third-order valence-electron chi connectivity index (χ3n) is 2.42. The number of nitrogens with two attached hydrogens (primary N) is 1. The quantitative estimate of drug-likeness (QED) is 0.716. The van der Waals surface area contributed by atoms with E-state index in [0.717, 1.165) is 0 Å². The lowest BCUT2D eigenvalue weighted by atomic mass is 10.1. The average molecular weight is 204 g/mol. The number of rotatable bonds is 2. The van der Waals surface area contributed by atoms with Crippen LogP contribution in [0.4, 0.5) is 11.8 Å². The van der Waals surface area contributed by atoms with Gasteiger partial charge in [0.1, 0.15) is 5.82 Å². The second kappa shape index (κ2) is 3.68. The number of nitrogens with zero attached hydrogens (tertiary/aromatic N) is 3. The van der Waals surface area contributed by atoms with Crippen LogP contribution in [-0.4, -0.2) is 22.4 Å². The first-order chi connectivity index (χ1) is 7.20. The Morgan fingerprint density at radius 2 is 2.47 bits per heavy atom. The Labute approximate surface area is 87.6 Å². The van der Waals surface area contributed by atoms with Crippen molar-refractivity contribution in [2.24, 2.45) is 5.92 Å². The van der Waals surface area contributed by atoms with Gasteiger partial charge in [-0.25, -0.2) is 4.98 Å². The summed E-state index contributed by atoms with van der Waals surface area (Å²) in [5.41, 5.74) is 5.46. The van der Waals surface area contributed by atoms with E-state index in [1.165, 1.54) is 0 Å². The second-order valence-corrected chi connectivity index (χ2v) is 3.48. The number of nitrogen functional groups attached to an aromatic ring is 1. The van der Waals surface area contributed by atoms with Crippen molar-refractivity contribution in [2.45, 2.75) is 6.42 Å². The number of hydrogen-bond acceptors (Lipinski definition) is 4. The topological polar surface area (TPSA) is 72.1 Å². The molecule has 2 heterocycles. The predicted molar refractivity (Wildman–Crippen MR) is 57.1 cm³/mol. The summed E-state index contributed by atoms with van der Waals surface area (Å²) in [6.45, 7) is 4.31. The number of hydrogen-bond donors (Lipinski definition) is 1. The molecule has 1 aliphatic rings. The molecule has 1 aliphatic heterocycles. The molecule has 1 aromatic rings. The van der Waals surface area contributed by atoms with E-state index in [1.807, 2.05) is 0 Å². The summed E-state index contributed by atoms with van der Waals surface area (Å²) in [4.78, 5) is 21.0. The van der Waals surface area contributed by atoms with Crippen LogP contribution in [0.15, 0.2) is 24.9 Å². The highest BCUT2D eigenvalue weighted by Gasteiger charge is 2.29. The molecule has 1 fully saturated rings. The molecule has 2 rings (SSSR count). The Balaban J connectivity index is 2.25. The van der Waals surface area contributed by atoms with Gasteiger partial charge in [0, 0.05) is 25.1 Å². The monoisotopic (exact) mass is 204 g/mol. The summed E-state index contributed by atoms with van der Waals surface area (Å²) in [6, 6.07) is 1.68. The summed E-state index contributed by atoms with van der Waals surface area (Å²) in [5, 5.41) is 0. The molecule has 0 radical (unpaired) electrons. The molecule has 1 unspecified atom stereocenters. The summed E-state index contributed by atoms with van der Waals surface area (Å²) in [6.07, 6.45) is 3.84. The van der Waals surface area contributed by atoms with Gasteiger partial charge in [-0.05, 0) is 6.07 Å². The van der Waals surface area contributed by atoms with Gasteiger partial charge in [0.25, 0.3) is 0 Å². The molecule has 0 bridgehead atoms. The second-order valence-electron chi connectivity index (χ2n) is 3.48. The van der Waals surface area contributed by atoms with Crippen LogP contribution in [0.2, 0.25) is 0 Å². The molecule has 78 valence electrons. The number of anilines is 2. The van der Waals surface area contributed by atoms with Gasteiger partial charge in [-0.2, -0.15) is 4.98 Å². The molecular formula is C10H12N4O. The average Bonchev–Trinajstić information content (AvgIpc) is 2.60. The van der Waals surface area contributed by atoms with Gasteiger partial charge in [0.05, 0.1) is 0 Å². The Bertz CT molecular complexity index is 404. The van der Waals surface area contributed by atoms with Crippen molar-refractivity contribution in [2.75, 3.05) is 17.2 Å².